The normalized spacial score (nSPS) is 24.3. The first-order valence-electron chi connectivity index (χ1n) is 9.09. The average Bonchev–Trinajstić information content (AvgIpc) is 2.67. The molecule has 0 unspecified atom stereocenters. The molecule has 2 heterocycles. The Morgan fingerprint density at radius 3 is 2.54 bits per heavy atom. The number of amides is 2. The molecule has 0 saturated carbocycles. The SMILES string of the molecule is C[C@H]1CC[C@@H](C(N)=O)CN1C(=O)COc1ccc(C2SCCCS2)cc1. The van der Waals surface area contributed by atoms with E-state index in [1.807, 2.05) is 42.6 Å². The van der Waals surface area contributed by atoms with E-state index in [1.165, 1.54) is 23.5 Å². The lowest BCUT2D eigenvalue weighted by Crippen LogP contribution is -2.50. The molecule has 0 aliphatic carbocycles. The standard InChI is InChI=1S/C19H26N2O3S2/c1-13-3-4-15(18(20)23)11-21(13)17(22)12-24-16-7-5-14(6-8-16)19-25-9-2-10-26-19/h5-8,13,15,19H,2-4,9-12H2,1H3,(H2,20,23)/t13-,15+/m0/s1. The molecule has 2 atom stereocenters. The minimum atomic E-state index is -0.329. The van der Waals surface area contributed by atoms with E-state index in [-0.39, 0.29) is 30.4 Å². The summed E-state index contributed by atoms with van der Waals surface area (Å²) >= 11 is 3.97. The summed E-state index contributed by atoms with van der Waals surface area (Å²) in [7, 11) is 0. The monoisotopic (exact) mass is 394 g/mol. The third-order valence-corrected chi connectivity index (χ3v) is 7.96. The number of benzene rings is 1. The molecule has 142 valence electrons. The molecular formula is C19H26N2O3S2. The number of piperidine rings is 1. The maximum Gasteiger partial charge on any atom is 0.260 e. The highest BCUT2D eigenvalue weighted by atomic mass is 32.2. The van der Waals surface area contributed by atoms with Crippen molar-refractivity contribution in [2.45, 2.75) is 36.8 Å². The Hall–Kier alpha value is -1.34. The van der Waals surface area contributed by atoms with Crippen LogP contribution in [0.3, 0.4) is 0 Å². The predicted octanol–water partition coefficient (Wildman–Crippen LogP) is 3.05. The molecule has 2 aliphatic heterocycles. The Morgan fingerprint density at radius 2 is 1.88 bits per heavy atom. The minimum absolute atomic E-state index is 0.0118. The summed E-state index contributed by atoms with van der Waals surface area (Å²) in [5, 5.41) is 0. The van der Waals surface area contributed by atoms with Crippen molar-refractivity contribution in [1.82, 2.24) is 4.90 Å². The van der Waals surface area contributed by atoms with Crippen LogP contribution in [-0.4, -0.2) is 47.4 Å². The summed E-state index contributed by atoms with van der Waals surface area (Å²) < 4.78 is 6.19. The molecule has 26 heavy (non-hydrogen) atoms. The van der Waals surface area contributed by atoms with E-state index in [9.17, 15) is 9.59 Å². The number of ether oxygens (including phenoxy) is 1. The number of nitrogens with two attached hydrogens (primary N) is 1. The van der Waals surface area contributed by atoms with Crippen LogP contribution in [0.25, 0.3) is 0 Å². The first-order valence-corrected chi connectivity index (χ1v) is 11.2. The fourth-order valence-electron chi connectivity index (χ4n) is 3.32. The van der Waals surface area contributed by atoms with Crippen LogP contribution >= 0.6 is 23.5 Å². The molecule has 2 saturated heterocycles. The van der Waals surface area contributed by atoms with Crippen LogP contribution in [-0.2, 0) is 9.59 Å². The highest BCUT2D eigenvalue weighted by molar-refractivity contribution is 8.16. The quantitative estimate of drug-likeness (QED) is 0.831. The van der Waals surface area contributed by atoms with Gasteiger partial charge in [0.1, 0.15) is 5.75 Å². The molecule has 5 nitrogen and oxygen atoms in total. The predicted molar refractivity (Wildman–Crippen MR) is 107 cm³/mol. The third-order valence-electron chi connectivity index (χ3n) is 4.95. The van der Waals surface area contributed by atoms with Crippen LogP contribution in [0, 0.1) is 5.92 Å². The van der Waals surface area contributed by atoms with Crippen molar-refractivity contribution in [2.75, 3.05) is 24.7 Å². The lowest BCUT2D eigenvalue weighted by atomic mass is 9.93. The van der Waals surface area contributed by atoms with E-state index < -0.39 is 0 Å². The molecule has 3 rings (SSSR count). The average molecular weight is 395 g/mol. The van der Waals surface area contributed by atoms with Crippen LogP contribution in [0.4, 0.5) is 0 Å². The van der Waals surface area contributed by atoms with Crippen molar-refractivity contribution in [2.24, 2.45) is 11.7 Å². The summed E-state index contributed by atoms with van der Waals surface area (Å²) in [4.78, 5) is 25.7. The van der Waals surface area contributed by atoms with Gasteiger partial charge >= 0.3 is 0 Å². The highest BCUT2D eigenvalue weighted by Crippen LogP contribution is 2.43. The number of nitrogens with zero attached hydrogens (tertiary/aromatic N) is 1. The van der Waals surface area contributed by atoms with Crippen LogP contribution in [0.1, 0.15) is 36.3 Å². The summed E-state index contributed by atoms with van der Waals surface area (Å²) in [5.74, 6) is 2.45. The van der Waals surface area contributed by atoms with Crippen LogP contribution in [0.2, 0.25) is 0 Å². The molecule has 2 fully saturated rings. The van der Waals surface area contributed by atoms with Crippen molar-refractivity contribution in [1.29, 1.82) is 0 Å². The molecule has 2 amide bonds. The van der Waals surface area contributed by atoms with Gasteiger partial charge in [-0.3, -0.25) is 9.59 Å². The van der Waals surface area contributed by atoms with Crippen molar-refractivity contribution in [3.05, 3.63) is 29.8 Å². The Balaban J connectivity index is 1.52. The van der Waals surface area contributed by atoms with Gasteiger partial charge < -0.3 is 15.4 Å². The van der Waals surface area contributed by atoms with Gasteiger partial charge in [-0.05, 0) is 55.4 Å². The summed E-state index contributed by atoms with van der Waals surface area (Å²) in [6.45, 7) is 2.39. The maximum absolute atomic E-state index is 12.5. The minimum Gasteiger partial charge on any atom is -0.484 e. The van der Waals surface area contributed by atoms with Gasteiger partial charge in [-0.15, -0.1) is 23.5 Å². The van der Waals surface area contributed by atoms with Crippen LogP contribution in [0.15, 0.2) is 24.3 Å². The number of hydrogen-bond acceptors (Lipinski definition) is 5. The molecule has 7 heteroatoms. The first kappa shape index (κ1) is 19.4. The number of thioether (sulfide) groups is 2. The molecule has 1 aromatic rings. The molecule has 2 N–H and O–H groups in total. The Bertz CT molecular complexity index is 632. The van der Waals surface area contributed by atoms with Gasteiger partial charge in [-0.2, -0.15) is 0 Å². The zero-order valence-corrected chi connectivity index (χ0v) is 16.7. The second-order valence-corrected chi connectivity index (χ2v) is 9.58. The fraction of sp³-hybridized carbons (Fsp3) is 0.579. The lowest BCUT2D eigenvalue weighted by molar-refractivity contribution is -0.139. The van der Waals surface area contributed by atoms with Gasteiger partial charge in [0, 0.05) is 12.6 Å². The molecule has 0 aromatic heterocycles. The van der Waals surface area contributed by atoms with Crippen LogP contribution < -0.4 is 10.5 Å². The number of carbonyl (C=O) groups excluding carboxylic acids is 2. The number of hydrogen-bond donors (Lipinski definition) is 1. The third kappa shape index (κ3) is 4.88. The number of likely N-dealkylation sites (tertiary alicyclic amines) is 1. The molecule has 0 spiro atoms. The van der Waals surface area contributed by atoms with E-state index >= 15 is 0 Å². The van der Waals surface area contributed by atoms with E-state index in [0.717, 1.165) is 12.8 Å². The molecule has 0 radical (unpaired) electrons. The fourth-order valence-corrected chi connectivity index (χ4v) is 6.21. The van der Waals surface area contributed by atoms with Gasteiger partial charge in [-0.25, -0.2) is 0 Å². The maximum atomic E-state index is 12.5. The second-order valence-electron chi connectivity index (χ2n) is 6.86. The Kier molecular flexibility index (Phi) is 6.75. The van der Waals surface area contributed by atoms with E-state index in [4.69, 9.17) is 10.5 Å². The zero-order valence-electron chi connectivity index (χ0n) is 15.1. The van der Waals surface area contributed by atoms with E-state index in [0.29, 0.717) is 16.9 Å². The van der Waals surface area contributed by atoms with Gasteiger partial charge in [0.15, 0.2) is 6.61 Å². The number of rotatable bonds is 5. The van der Waals surface area contributed by atoms with Gasteiger partial charge in [0.2, 0.25) is 5.91 Å². The largest absolute Gasteiger partial charge is 0.484 e. The smallest absolute Gasteiger partial charge is 0.260 e. The van der Waals surface area contributed by atoms with Gasteiger partial charge in [0.05, 0.1) is 10.5 Å². The van der Waals surface area contributed by atoms with Crippen molar-refractivity contribution in [3.63, 3.8) is 0 Å². The van der Waals surface area contributed by atoms with Gasteiger partial charge in [0.25, 0.3) is 5.91 Å². The topological polar surface area (TPSA) is 72.6 Å². The number of carbonyl (C=O) groups is 2. The van der Waals surface area contributed by atoms with Crippen LogP contribution in [0.5, 0.6) is 5.75 Å². The molecule has 1 aromatic carbocycles. The molecular weight excluding hydrogens is 368 g/mol. The van der Waals surface area contributed by atoms with Crippen molar-refractivity contribution >= 4 is 35.3 Å². The Morgan fingerprint density at radius 1 is 1.19 bits per heavy atom. The summed E-state index contributed by atoms with van der Waals surface area (Å²) in [5.41, 5.74) is 6.70. The first-order chi connectivity index (χ1) is 12.5. The van der Waals surface area contributed by atoms with E-state index in [1.54, 1.807) is 4.90 Å². The van der Waals surface area contributed by atoms with E-state index in [2.05, 4.69) is 12.1 Å². The molecule has 2 aliphatic rings. The van der Waals surface area contributed by atoms with Crippen molar-refractivity contribution < 1.29 is 14.3 Å². The summed E-state index contributed by atoms with van der Waals surface area (Å²) in [6.07, 6.45) is 2.82. The van der Waals surface area contributed by atoms with Crippen molar-refractivity contribution in [3.8, 4) is 5.75 Å². The Labute approximate surface area is 163 Å². The zero-order chi connectivity index (χ0) is 18.5. The second kappa shape index (κ2) is 9.04. The summed E-state index contributed by atoms with van der Waals surface area (Å²) in [6, 6.07) is 8.16. The van der Waals surface area contributed by atoms with Gasteiger partial charge in [-0.1, -0.05) is 12.1 Å². The highest BCUT2D eigenvalue weighted by Gasteiger charge is 2.31. The lowest BCUT2D eigenvalue weighted by Gasteiger charge is -2.36. The molecule has 0 bridgehead atoms. The number of primary amides is 1.